The predicted octanol–water partition coefficient (Wildman–Crippen LogP) is 3.34. The summed E-state index contributed by atoms with van der Waals surface area (Å²) in [4.78, 5) is 4.20. The van der Waals surface area contributed by atoms with Gasteiger partial charge < -0.3 is 14.6 Å². The lowest BCUT2D eigenvalue weighted by atomic mass is 10.1. The van der Waals surface area contributed by atoms with Gasteiger partial charge in [-0.15, -0.1) is 11.3 Å². The Morgan fingerprint density at radius 1 is 1.35 bits per heavy atom. The standard InChI is InChI=1S/C14H14BrNO3S/c15-10-6-9(11(17)8-13-16-2-5-20-13)7-12-14(10)19-4-1-3-18-12/h2,5-7,11,17H,1,3-4,8H2. The van der Waals surface area contributed by atoms with Crippen LogP contribution >= 0.6 is 27.3 Å². The lowest BCUT2D eigenvalue weighted by molar-refractivity contribution is 0.177. The number of aliphatic hydroxyl groups excluding tert-OH is 1. The second-order valence-electron chi connectivity index (χ2n) is 4.53. The molecule has 3 rings (SSSR count). The Labute approximate surface area is 129 Å². The first kappa shape index (κ1) is 13.9. The van der Waals surface area contributed by atoms with Gasteiger partial charge in [0, 0.05) is 24.4 Å². The van der Waals surface area contributed by atoms with Crippen LogP contribution in [-0.2, 0) is 6.42 Å². The van der Waals surface area contributed by atoms with Crippen LogP contribution in [0.1, 0.15) is 23.1 Å². The van der Waals surface area contributed by atoms with E-state index in [4.69, 9.17) is 9.47 Å². The van der Waals surface area contributed by atoms with E-state index < -0.39 is 6.10 Å². The molecule has 1 aliphatic heterocycles. The van der Waals surface area contributed by atoms with Gasteiger partial charge >= 0.3 is 0 Å². The summed E-state index contributed by atoms with van der Waals surface area (Å²) in [6, 6.07) is 3.73. The largest absolute Gasteiger partial charge is 0.490 e. The average Bonchev–Trinajstić information content (AvgIpc) is 2.81. The van der Waals surface area contributed by atoms with Crippen LogP contribution in [0.4, 0.5) is 0 Å². The first-order valence-electron chi connectivity index (χ1n) is 6.39. The van der Waals surface area contributed by atoms with E-state index >= 15 is 0 Å². The third-order valence-corrected chi connectivity index (χ3v) is 4.45. The van der Waals surface area contributed by atoms with Gasteiger partial charge in [0.1, 0.15) is 0 Å². The van der Waals surface area contributed by atoms with Crippen LogP contribution in [0, 0.1) is 0 Å². The third-order valence-electron chi connectivity index (χ3n) is 3.06. The van der Waals surface area contributed by atoms with E-state index in [2.05, 4.69) is 20.9 Å². The Bertz CT molecular complexity index is 588. The Morgan fingerprint density at radius 3 is 3.00 bits per heavy atom. The second-order valence-corrected chi connectivity index (χ2v) is 6.36. The average molecular weight is 356 g/mol. The summed E-state index contributed by atoms with van der Waals surface area (Å²) in [5.74, 6) is 1.40. The molecule has 0 amide bonds. The van der Waals surface area contributed by atoms with Crippen molar-refractivity contribution in [1.82, 2.24) is 4.98 Å². The van der Waals surface area contributed by atoms with E-state index in [0.717, 1.165) is 21.5 Å². The number of hydrogen-bond acceptors (Lipinski definition) is 5. The highest BCUT2D eigenvalue weighted by Gasteiger charge is 2.19. The summed E-state index contributed by atoms with van der Waals surface area (Å²) in [6.45, 7) is 1.28. The highest BCUT2D eigenvalue weighted by molar-refractivity contribution is 9.10. The van der Waals surface area contributed by atoms with Gasteiger partial charge in [-0.3, -0.25) is 0 Å². The maximum Gasteiger partial charge on any atom is 0.175 e. The molecule has 106 valence electrons. The van der Waals surface area contributed by atoms with Crippen molar-refractivity contribution in [3.8, 4) is 11.5 Å². The van der Waals surface area contributed by atoms with Crippen LogP contribution in [0.25, 0.3) is 0 Å². The quantitative estimate of drug-likeness (QED) is 0.917. The molecule has 1 aliphatic rings. The Balaban J connectivity index is 1.86. The van der Waals surface area contributed by atoms with Crippen molar-refractivity contribution in [2.45, 2.75) is 18.9 Å². The molecule has 20 heavy (non-hydrogen) atoms. The van der Waals surface area contributed by atoms with E-state index in [9.17, 15) is 5.11 Å². The molecule has 4 nitrogen and oxygen atoms in total. The van der Waals surface area contributed by atoms with Crippen LogP contribution < -0.4 is 9.47 Å². The molecule has 0 fully saturated rings. The number of halogens is 1. The fourth-order valence-corrected chi connectivity index (χ4v) is 3.31. The molecular formula is C14H14BrNO3S. The molecule has 1 unspecified atom stereocenters. The first-order chi connectivity index (χ1) is 9.74. The summed E-state index contributed by atoms with van der Waals surface area (Å²) >= 11 is 5.03. The van der Waals surface area contributed by atoms with Crippen LogP contribution in [-0.4, -0.2) is 23.3 Å². The number of benzene rings is 1. The van der Waals surface area contributed by atoms with E-state index in [-0.39, 0.29) is 0 Å². The molecule has 1 aromatic carbocycles. The van der Waals surface area contributed by atoms with Crippen molar-refractivity contribution in [3.05, 3.63) is 38.8 Å². The van der Waals surface area contributed by atoms with Crippen LogP contribution in [0.2, 0.25) is 0 Å². The van der Waals surface area contributed by atoms with Gasteiger partial charge in [0.05, 0.1) is 28.8 Å². The summed E-state index contributed by atoms with van der Waals surface area (Å²) < 4.78 is 12.1. The number of rotatable bonds is 3. The van der Waals surface area contributed by atoms with Crippen molar-refractivity contribution in [1.29, 1.82) is 0 Å². The number of thiazole rings is 1. The molecule has 0 bridgehead atoms. The highest BCUT2D eigenvalue weighted by atomic mass is 79.9. The fraction of sp³-hybridized carbons (Fsp3) is 0.357. The van der Waals surface area contributed by atoms with Crippen molar-refractivity contribution < 1.29 is 14.6 Å². The molecule has 1 N–H and O–H groups in total. The molecule has 0 saturated heterocycles. The molecule has 0 saturated carbocycles. The molecule has 1 atom stereocenters. The molecule has 0 spiro atoms. The van der Waals surface area contributed by atoms with Crippen LogP contribution in [0.5, 0.6) is 11.5 Å². The van der Waals surface area contributed by atoms with Crippen molar-refractivity contribution in [2.75, 3.05) is 13.2 Å². The number of ether oxygens (including phenoxy) is 2. The summed E-state index contributed by atoms with van der Waals surface area (Å²) in [5.41, 5.74) is 0.802. The third kappa shape index (κ3) is 2.97. The van der Waals surface area contributed by atoms with E-state index in [1.54, 1.807) is 17.5 Å². The number of fused-ring (bicyclic) bond motifs is 1. The van der Waals surface area contributed by atoms with Gasteiger partial charge in [0.15, 0.2) is 11.5 Å². The topological polar surface area (TPSA) is 51.6 Å². The monoisotopic (exact) mass is 355 g/mol. The minimum atomic E-state index is -0.602. The zero-order chi connectivity index (χ0) is 13.9. The summed E-state index contributed by atoms with van der Waals surface area (Å²) in [6.07, 6.45) is 2.51. The molecule has 6 heteroatoms. The highest BCUT2D eigenvalue weighted by Crippen LogP contribution is 2.40. The maximum atomic E-state index is 10.3. The molecular weight excluding hydrogens is 342 g/mol. The smallest absolute Gasteiger partial charge is 0.175 e. The molecule has 2 aromatic rings. The fourth-order valence-electron chi connectivity index (χ4n) is 2.08. The van der Waals surface area contributed by atoms with Gasteiger partial charge in [0.2, 0.25) is 0 Å². The van der Waals surface area contributed by atoms with Gasteiger partial charge in [-0.25, -0.2) is 4.98 Å². The Morgan fingerprint density at radius 2 is 2.20 bits per heavy atom. The van der Waals surface area contributed by atoms with Gasteiger partial charge in [-0.05, 0) is 33.6 Å². The lowest BCUT2D eigenvalue weighted by Crippen LogP contribution is -2.03. The Hall–Kier alpha value is -1.11. The zero-order valence-corrected chi connectivity index (χ0v) is 13.1. The minimum Gasteiger partial charge on any atom is -0.490 e. The molecule has 0 aliphatic carbocycles. The number of hydrogen-bond donors (Lipinski definition) is 1. The SMILES string of the molecule is OC(Cc1nccs1)c1cc(Br)c2c(c1)OCCCO2. The van der Waals surface area contributed by atoms with Crippen LogP contribution in [0.3, 0.4) is 0 Å². The zero-order valence-electron chi connectivity index (χ0n) is 10.7. The molecule has 1 aromatic heterocycles. The lowest BCUT2D eigenvalue weighted by Gasteiger charge is -2.15. The molecule has 2 heterocycles. The Kier molecular flexibility index (Phi) is 4.24. The number of aromatic nitrogens is 1. The number of nitrogens with zero attached hydrogens (tertiary/aromatic N) is 1. The van der Waals surface area contributed by atoms with E-state index in [1.165, 1.54) is 0 Å². The minimum absolute atomic E-state index is 0.504. The van der Waals surface area contributed by atoms with Crippen molar-refractivity contribution in [2.24, 2.45) is 0 Å². The number of aliphatic hydroxyl groups is 1. The summed E-state index contributed by atoms with van der Waals surface area (Å²) in [7, 11) is 0. The van der Waals surface area contributed by atoms with Gasteiger partial charge in [0.25, 0.3) is 0 Å². The van der Waals surface area contributed by atoms with Crippen molar-refractivity contribution in [3.63, 3.8) is 0 Å². The summed E-state index contributed by atoms with van der Waals surface area (Å²) in [5, 5.41) is 13.2. The van der Waals surface area contributed by atoms with Crippen LogP contribution in [0.15, 0.2) is 28.2 Å². The predicted molar refractivity (Wildman–Crippen MR) is 80.5 cm³/mol. The maximum absolute atomic E-state index is 10.3. The first-order valence-corrected chi connectivity index (χ1v) is 8.07. The second kappa shape index (κ2) is 6.11. The normalized spacial score (nSPS) is 15.7. The molecule has 0 radical (unpaired) electrons. The van der Waals surface area contributed by atoms with E-state index in [0.29, 0.717) is 31.1 Å². The van der Waals surface area contributed by atoms with E-state index in [1.807, 2.05) is 17.5 Å². The van der Waals surface area contributed by atoms with Crippen molar-refractivity contribution >= 4 is 27.3 Å². The van der Waals surface area contributed by atoms with Gasteiger partial charge in [-0.2, -0.15) is 0 Å². The van der Waals surface area contributed by atoms with Gasteiger partial charge in [-0.1, -0.05) is 0 Å².